The predicted octanol–water partition coefficient (Wildman–Crippen LogP) is 0.369. The molecular weight excluding hydrogens is 232 g/mol. The third-order valence-electron chi connectivity index (χ3n) is 3.63. The van der Waals surface area contributed by atoms with Crippen molar-refractivity contribution >= 4 is 0 Å². The van der Waals surface area contributed by atoms with Gasteiger partial charge in [0.05, 0.1) is 6.54 Å². The number of piperazine rings is 1. The highest BCUT2D eigenvalue weighted by Gasteiger charge is 2.22. The molecule has 0 aromatic carbocycles. The average Bonchev–Trinajstić information content (AvgIpc) is 2.89. The molecule has 2 aliphatic heterocycles. The summed E-state index contributed by atoms with van der Waals surface area (Å²) in [5, 5.41) is 7.43. The number of rotatable bonds is 3. The van der Waals surface area contributed by atoms with Crippen molar-refractivity contribution in [3.63, 3.8) is 0 Å². The molecule has 18 heavy (non-hydrogen) atoms. The Hall–Kier alpha value is -0.980. The van der Waals surface area contributed by atoms with Gasteiger partial charge in [0, 0.05) is 45.3 Å². The fourth-order valence-corrected chi connectivity index (χ4v) is 2.51. The number of aromatic nitrogens is 2. The maximum absolute atomic E-state index is 5.39. The van der Waals surface area contributed by atoms with E-state index in [-0.39, 0.29) is 0 Å². The summed E-state index contributed by atoms with van der Waals surface area (Å²) in [7, 11) is 0. The van der Waals surface area contributed by atoms with Crippen LogP contribution in [0.3, 0.4) is 0 Å². The molecule has 6 heteroatoms. The molecule has 1 aromatic heterocycles. The quantitative estimate of drug-likeness (QED) is 0.838. The van der Waals surface area contributed by atoms with Crippen LogP contribution in [0, 0.1) is 0 Å². The first-order chi connectivity index (χ1) is 8.92. The van der Waals surface area contributed by atoms with E-state index in [1.165, 1.54) is 0 Å². The number of hydrogen-bond acceptors (Lipinski definition) is 6. The zero-order valence-corrected chi connectivity index (χ0v) is 10.6. The van der Waals surface area contributed by atoms with E-state index in [0.29, 0.717) is 5.92 Å². The van der Waals surface area contributed by atoms with Gasteiger partial charge in [-0.1, -0.05) is 5.16 Å². The van der Waals surface area contributed by atoms with Crippen molar-refractivity contribution in [1.29, 1.82) is 0 Å². The van der Waals surface area contributed by atoms with E-state index in [4.69, 9.17) is 9.26 Å². The van der Waals surface area contributed by atoms with Gasteiger partial charge in [0.25, 0.3) is 0 Å². The Bertz CT molecular complexity index is 370. The Labute approximate surface area is 107 Å². The van der Waals surface area contributed by atoms with Gasteiger partial charge in [-0.15, -0.1) is 0 Å². The molecule has 1 aromatic rings. The van der Waals surface area contributed by atoms with Gasteiger partial charge in [0.15, 0.2) is 5.82 Å². The molecule has 1 N–H and O–H groups in total. The zero-order valence-electron chi connectivity index (χ0n) is 10.6. The maximum atomic E-state index is 5.39. The SMILES string of the molecule is C1CN(Cc2noc(C3CCOCC3)n2)CCN1. The van der Waals surface area contributed by atoms with Crippen molar-refractivity contribution in [2.24, 2.45) is 0 Å². The molecule has 0 aliphatic carbocycles. The normalized spacial score (nSPS) is 23.3. The fourth-order valence-electron chi connectivity index (χ4n) is 2.51. The van der Waals surface area contributed by atoms with Crippen LogP contribution in [0.5, 0.6) is 0 Å². The molecular formula is C12H20N4O2. The standard InChI is InChI=1S/C12H20N4O2/c1-7-17-8-2-10(1)12-14-11(15-18-12)9-16-5-3-13-4-6-16/h10,13H,1-9H2. The van der Waals surface area contributed by atoms with E-state index in [2.05, 4.69) is 20.4 Å². The van der Waals surface area contributed by atoms with Crippen molar-refractivity contribution in [3.8, 4) is 0 Å². The minimum atomic E-state index is 0.392. The van der Waals surface area contributed by atoms with Gasteiger partial charge in [-0.05, 0) is 12.8 Å². The Morgan fingerprint density at radius 3 is 2.78 bits per heavy atom. The minimum Gasteiger partial charge on any atom is -0.381 e. The maximum Gasteiger partial charge on any atom is 0.229 e. The summed E-state index contributed by atoms with van der Waals surface area (Å²) in [5.74, 6) is 2.00. The largest absolute Gasteiger partial charge is 0.381 e. The van der Waals surface area contributed by atoms with Crippen molar-refractivity contribution in [3.05, 3.63) is 11.7 Å². The summed E-state index contributed by atoms with van der Waals surface area (Å²) in [6, 6.07) is 0. The lowest BCUT2D eigenvalue weighted by Crippen LogP contribution is -2.43. The predicted molar refractivity (Wildman–Crippen MR) is 65.2 cm³/mol. The van der Waals surface area contributed by atoms with E-state index < -0.39 is 0 Å². The molecule has 0 radical (unpaired) electrons. The molecule has 0 saturated carbocycles. The molecule has 100 valence electrons. The van der Waals surface area contributed by atoms with E-state index >= 15 is 0 Å². The van der Waals surface area contributed by atoms with E-state index in [0.717, 1.165) is 70.5 Å². The summed E-state index contributed by atoms with van der Waals surface area (Å²) >= 11 is 0. The van der Waals surface area contributed by atoms with Gasteiger partial charge < -0.3 is 14.6 Å². The highest BCUT2D eigenvalue weighted by Crippen LogP contribution is 2.25. The van der Waals surface area contributed by atoms with Crippen LogP contribution in [0.4, 0.5) is 0 Å². The lowest BCUT2D eigenvalue weighted by molar-refractivity contribution is 0.0778. The van der Waals surface area contributed by atoms with Gasteiger partial charge in [-0.3, -0.25) is 4.90 Å². The van der Waals surface area contributed by atoms with Crippen molar-refractivity contribution in [2.75, 3.05) is 39.4 Å². The number of hydrogen-bond donors (Lipinski definition) is 1. The first kappa shape index (κ1) is 12.1. The van der Waals surface area contributed by atoms with Crippen molar-refractivity contribution in [2.45, 2.75) is 25.3 Å². The Morgan fingerprint density at radius 1 is 1.22 bits per heavy atom. The Morgan fingerprint density at radius 2 is 2.00 bits per heavy atom. The van der Waals surface area contributed by atoms with E-state index in [1.807, 2.05) is 0 Å². The molecule has 2 fully saturated rings. The van der Waals surface area contributed by atoms with Gasteiger partial charge in [0.2, 0.25) is 5.89 Å². The smallest absolute Gasteiger partial charge is 0.229 e. The van der Waals surface area contributed by atoms with Crippen LogP contribution in [0.15, 0.2) is 4.52 Å². The fraction of sp³-hybridized carbons (Fsp3) is 0.833. The molecule has 3 rings (SSSR count). The summed E-state index contributed by atoms with van der Waals surface area (Å²) in [5.41, 5.74) is 0. The first-order valence-electron chi connectivity index (χ1n) is 6.75. The molecule has 3 heterocycles. The topological polar surface area (TPSA) is 63.4 Å². The van der Waals surface area contributed by atoms with Gasteiger partial charge in [-0.25, -0.2) is 0 Å². The first-order valence-corrected chi connectivity index (χ1v) is 6.75. The summed E-state index contributed by atoms with van der Waals surface area (Å²) in [4.78, 5) is 6.89. The third kappa shape index (κ3) is 2.88. The molecule has 0 unspecified atom stereocenters. The summed E-state index contributed by atoms with van der Waals surface area (Å²) < 4.78 is 10.7. The molecule has 0 spiro atoms. The number of nitrogens with one attached hydrogen (secondary N) is 1. The second-order valence-corrected chi connectivity index (χ2v) is 4.96. The highest BCUT2D eigenvalue weighted by molar-refractivity contribution is 4.95. The lowest BCUT2D eigenvalue weighted by atomic mass is 10.0. The monoisotopic (exact) mass is 252 g/mol. The van der Waals surface area contributed by atoms with Gasteiger partial charge in [0.1, 0.15) is 0 Å². The van der Waals surface area contributed by atoms with Gasteiger partial charge >= 0.3 is 0 Å². The Kier molecular flexibility index (Phi) is 3.87. The van der Waals surface area contributed by atoms with E-state index in [9.17, 15) is 0 Å². The molecule has 0 amide bonds. The Balaban J connectivity index is 1.58. The molecule has 0 bridgehead atoms. The second kappa shape index (κ2) is 5.77. The average molecular weight is 252 g/mol. The summed E-state index contributed by atoms with van der Waals surface area (Å²) in [6.45, 7) is 6.62. The van der Waals surface area contributed by atoms with Crippen LogP contribution in [-0.2, 0) is 11.3 Å². The van der Waals surface area contributed by atoms with Crippen molar-refractivity contribution in [1.82, 2.24) is 20.4 Å². The zero-order chi connectivity index (χ0) is 12.2. The molecule has 2 aliphatic rings. The van der Waals surface area contributed by atoms with E-state index in [1.54, 1.807) is 0 Å². The molecule has 0 atom stereocenters. The second-order valence-electron chi connectivity index (χ2n) is 4.96. The van der Waals surface area contributed by atoms with Crippen LogP contribution >= 0.6 is 0 Å². The van der Waals surface area contributed by atoms with Gasteiger partial charge in [-0.2, -0.15) is 4.98 Å². The number of nitrogens with zero attached hydrogens (tertiary/aromatic N) is 3. The molecule has 6 nitrogen and oxygen atoms in total. The summed E-state index contributed by atoms with van der Waals surface area (Å²) in [6.07, 6.45) is 1.99. The van der Waals surface area contributed by atoms with Crippen LogP contribution in [0.1, 0.15) is 30.5 Å². The highest BCUT2D eigenvalue weighted by atomic mass is 16.5. The number of ether oxygens (including phenoxy) is 1. The lowest BCUT2D eigenvalue weighted by Gasteiger charge is -2.25. The van der Waals surface area contributed by atoms with Crippen LogP contribution in [-0.4, -0.2) is 54.4 Å². The van der Waals surface area contributed by atoms with Crippen molar-refractivity contribution < 1.29 is 9.26 Å². The molecule has 2 saturated heterocycles. The van der Waals surface area contributed by atoms with Crippen LogP contribution in [0.25, 0.3) is 0 Å². The van der Waals surface area contributed by atoms with Crippen LogP contribution in [0.2, 0.25) is 0 Å². The third-order valence-corrected chi connectivity index (χ3v) is 3.63. The minimum absolute atomic E-state index is 0.392. The van der Waals surface area contributed by atoms with Crippen LogP contribution < -0.4 is 5.32 Å².